The maximum atomic E-state index is 13.3. The molecule has 2 rings (SSSR count). The van der Waals surface area contributed by atoms with Gasteiger partial charge in [-0.15, -0.1) is 0 Å². The third-order valence-electron chi connectivity index (χ3n) is 3.63. The van der Waals surface area contributed by atoms with E-state index in [0.717, 1.165) is 12.8 Å². The van der Waals surface area contributed by atoms with Crippen molar-refractivity contribution in [2.24, 2.45) is 5.73 Å². The van der Waals surface area contributed by atoms with E-state index in [-0.39, 0.29) is 12.6 Å². The number of likely N-dealkylation sites (tertiary alicyclic amines) is 1. The van der Waals surface area contributed by atoms with Crippen molar-refractivity contribution in [1.29, 1.82) is 0 Å². The van der Waals surface area contributed by atoms with Crippen LogP contribution in [0.3, 0.4) is 0 Å². The molecule has 1 saturated heterocycles. The number of nitro benzene ring substituents is 1. The van der Waals surface area contributed by atoms with Gasteiger partial charge in [0, 0.05) is 19.1 Å². The van der Waals surface area contributed by atoms with Gasteiger partial charge in [0.05, 0.1) is 11.0 Å². The molecule has 0 aliphatic carbocycles. The van der Waals surface area contributed by atoms with Gasteiger partial charge in [-0.2, -0.15) is 0 Å². The minimum atomic E-state index is -1.35. The Labute approximate surface area is 119 Å². The highest BCUT2D eigenvalue weighted by Crippen LogP contribution is 2.26. The molecule has 1 fully saturated rings. The zero-order chi connectivity index (χ0) is 15.6. The Morgan fingerprint density at radius 1 is 1.38 bits per heavy atom. The van der Waals surface area contributed by atoms with Crippen LogP contribution in [0.1, 0.15) is 29.6 Å². The summed E-state index contributed by atoms with van der Waals surface area (Å²) >= 11 is 0. The predicted octanol–water partition coefficient (Wildman–Crippen LogP) is 1.83. The van der Waals surface area contributed by atoms with Gasteiger partial charge in [-0.1, -0.05) is 0 Å². The van der Waals surface area contributed by atoms with Gasteiger partial charge in [0.25, 0.3) is 11.6 Å². The number of carbonyl (C=O) groups excluding carboxylic acids is 1. The van der Waals surface area contributed by atoms with Gasteiger partial charge in [-0.05, 0) is 25.3 Å². The fourth-order valence-corrected chi connectivity index (χ4v) is 2.53. The number of hydrogen-bond donors (Lipinski definition) is 1. The van der Waals surface area contributed by atoms with Crippen LogP contribution in [0.25, 0.3) is 0 Å². The van der Waals surface area contributed by atoms with Crippen LogP contribution in [0.4, 0.5) is 14.5 Å². The smallest absolute Gasteiger partial charge is 0.285 e. The molecule has 1 aromatic carbocycles. The largest absolute Gasteiger partial charge is 0.334 e. The summed E-state index contributed by atoms with van der Waals surface area (Å²) in [6.07, 6.45) is 2.35. The lowest BCUT2D eigenvalue weighted by atomic mass is 10.0. The lowest BCUT2D eigenvalue weighted by Crippen LogP contribution is -2.47. The number of hydrogen-bond acceptors (Lipinski definition) is 4. The molecule has 1 unspecified atom stereocenters. The quantitative estimate of drug-likeness (QED) is 0.681. The molecule has 8 heteroatoms. The van der Waals surface area contributed by atoms with E-state index in [4.69, 9.17) is 5.73 Å². The molecule has 1 heterocycles. The first-order chi connectivity index (χ1) is 9.95. The lowest BCUT2D eigenvalue weighted by molar-refractivity contribution is -0.385. The van der Waals surface area contributed by atoms with Gasteiger partial charge in [-0.3, -0.25) is 14.9 Å². The fraction of sp³-hybridized carbons (Fsp3) is 0.462. The molecule has 0 saturated carbocycles. The zero-order valence-electron chi connectivity index (χ0n) is 11.2. The summed E-state index contributed by atoms with van der Waals surface area (Å²) in [4.78, 5) is 23.9. The average Bonchev–Trinajstić information content (AvgIpc) is 2.48. The van der Waals surface area contributed by atoms with Crippen molar-refractivity contribution in [2.45, 2.75) is 25.3 Å². The summed E-state index contributed by atoms with van der Waals surface area (Å²) in [5, 5.41) is 10.9. The number of amides is 1. The number of halogens is 2. The standard InChI is InChI=1S/C13H15F2N3O3/c14-10-5-9(12(18(20)21)6-11(10)15)13(19)17-4-2-1-3-8(17)7-16/h5-6,8H,1-4,7,16H2. The summed E-state index contributed by atoms with van der Waals surface area (Å²) in [6, 6.07) is 0.779. The van der Waals surface area contributed by atoms with E-state index in [1.807, 2.05) is 0 Å². The summed E-state index contributed by atoms with van der Waals surface area (Å²) in [6.45, 7) is 0.625. The summed E-state index contributed by atoms with van der Waals surface area (Å²) in [7, 11) is 0. The number of nitrogens with two attached hydrogens (primary N) is 1. The molecule has 0 bridgehead atoms. The minimum Gasteiger partial charge on any atom is -0.334 e. The molecular weight excluding hydrogens is 284 g/mol. The van der Waals surface area contributed by atoms with Crippen molar-refractivity contribution in [3.63, 3.8) is 0 Å². The van der Waals surface area contributed by atoms with Crippen LogP contribution in [0, 0.1) is 21.7 Å². The van der Waals surface area contributed by atoms with Crippen LogP contribution in [0.2, 0.25) is 0 Å². The van der Waals surface area contributed by atoms with Gasteiger partial charge >= 0.3 is 0 Å². The molecular formula is C13H15F2N3O3. The Kier molecular flexibility index (Phi) is 4.46. The first-order valence-corrected chi connectivity index (χ1v) is 6.60. The third-order valence-corrected chi connectivity index (χ3v) is 3.63. The molecule has 0 radical (unpaired) electrons. The highest BCUT2D eigenvalue weighted by atomic mass is 19.2. The molecule has 1 atom stereocenters. The normalized spacial score (nSPS) is 18.6. The van der Waals surface area contributed by atoms with Gasteiger partial charge < -0.3 is 10.6 Å². The number of rotatable bonds is 3. The number of piperidine rings is 1. The maximum absolute atomic E-state index is 13.3. The second kappa shape index (κ2) is 6.13. The van der Waals surface area contributed by atoms with E-state index < -0.39 is 33.7 Å². The average molecular weight is 299 g/mol. The van der Waals surface area contributed by atoms with Crippen molar-refractivity contribution in [3.05, 3.63) is 39.4 Å². The van der Waals surface area contributed by atoms with Gasteiger partial charge in [-0.25, -0.2) is 8.78 Å². The van der Waals surface area contributed by atoms with Gasteiger partial charge in [0.15, 0.2) is 11.6 Å². The number of benzene rings is 1. The van der Waals surface area contributed by atoms with Crippen LogP contribution in [0.5, 0.6) is 0 Å². The first kappa shape index (κ1) is 15.3. The first-order valence-electron chi connectivity index (χ1n) is 6.60. The molecule has 2 N–H and O–H groups in total. The van der Waals surface area contributed by atoms with Crippen molar-refractivity contribution < 1.29 is 18.5 Å². The summed E-state index contributed by atoms with van der Waals surface area (Å²) < 4.78 is 26.5. The number of nitrogens with zero attached hydrogens (tertiary/aromatic N) is 2. The molecule has 1 aliphatic rings. The van der Waals surface area contributed by atoms with Crippen LogP contribution < -0.4 is 5.73 Å². The molecule has 0 spiro atoms. The van der Waals surface area contributed by atoms with E-state index in [2.05, 4.69) is 0 Å². The van der Waals surface area contributed by atoms with Gasteiger partial charge in [0.1, 0.15) is 5.56 Å². The highest BCUT2D eigenvalue weighted by Gasteiger charge is 2.32. The van der Waals surface area contributed by atoms with E-state index in [0.29, 0.717) is 25.1 Å². The Morgan fingerprint density at radius 2 is 2.05 bits per heavy atom. The van der Waals surface area contributed by atoms with E-state index in [1.165, 1.54) is 4.90 Å². The molecule has 21 heavy (non-hydrogen) atoms. The lowest BCUT2D eigenvalue weighted by Gasteiger charge is -2.35. The van der Waals surface area contributed by atoms with Crippen LogP contribution in [-0.2, 0) is 0 Å². The van der Waals surface area contributed by atoms with Crippen molar-refractivity contribution in [1.82, 2.24) is 4.90 Å². The second-order valence-corrected chi connectivity index (χ2v) is 4.92. The number of nitro groups is 1. The Balaban J connectivity index is 2.42. The highest BCUT2D eigenvalue weighted by molar-refractivity contribution is 5.98. The number of carbonyl (C=O) groups is 1. The SMILES string of the molecule is NCC1CCCCN1C(=O)c1cc(F)c(F)cc1[N+](=O)[O-]. The zero-order valence-corrected chi connectivity index (χ0v) is 11.2. The molecule has 1 aliphatic heterocycles. The van der Waals surface area contributed by atoms with Gasteiger partial charge in [0.2, 0.25) is 0 Å². The predicted molar refractivity (Wildman–Crippen MR) is 70.7 cm³/mol. The summed E-state index contributed by atoms with van der Waals surface area (Å²) in [5.74, 6) is -3.33. The molecule has 0 aromatic heterocycles. The topological polar surface area (TPSA) is 89.5 Å². The molecule has 6 nitrogen and oxygen atoms in total. The van der Waals surface area contributed by atoms with Crippen molar-refractivity contribution in [3.8, 4) is 0 Å². The van der Waals surface area contributed by atoms with Crippen LogP contribution in [-0.4, -0.2) is 34.9 Å². The third kappa shape index (κ3) is 2.99. The second-order valence-electron chi connectivity index (χ2n) is 4.92. The van der Waals surface area contributed by atoms with Crippen LogP contribution >= 0.6 is 0 Å². The fourth-order valence-electron chi connectivity index (χ4n) is 2.53. The molecule has 1 aromatic rings. The summed E-state index contributed by atoms with van der Waals surface area (Å²) in [5.41, 5.74) is 4.42. The van der Waals surface area contributed by atoms with Crippen molar-refractivity contribution in [2.75, 3.05) is 13.1 Å². The molecule has 1 amide bonds. The Morgan fingerprint density at radius 3 is 2.67 bits per heavy atom. The van der Waals surface area contributed by atoms with Crippen molar-refractivity contribution >= 4 is 11.6 Å². The van der Waals surface area contributed by atoms with E-state index in [9.17, 15) is 23.7 Å². The van der Waals surface area contributed by atoms with Crippen LogP contribution in [0.15, 0.2) is 12.1 Å². The Hall–Kier alpha value is -2.09. The van der Waals surface area contributed by atoms with E-state index >= 15 is 0 Å². The maximum Gasteiger partial charge on any atom is 0.285 e. The Bertz CT molecular complexity index is 580. The minimum absolute atomic E-state index is 0.225. The van der Waals surface area contributed by atoms with E-state index in [1.54, 1.807) is 0 Å². The monoisotopic (exact) mass is 299 g/mol. The molecule has 114 valence electrons.